The van der Waals surface area contributed by atoms with Crippen LogP contribution in [0.4, 0.5) is 5.69 Å². The van der Waals surface area contributed by atoms with Crippen LogP contribution in [0.15, 0.2) is 45.6 Å². The third kappa shape index (κ3) is 5.38. The average Bonchev–Trinajstić information content (AvgIpc) is 3.37. The van der Waals surface area contributed by atoms with Crippen LogP contribution in [0.3, 0.4) is 0 Å². The third-order valence-electron chi connectivity index (χ3n) is 3.53. The molecule has 0 saturated carbocycles. The maximum atomic E-state index is 11.8. The number of esters is 1. The topological polar surface area (TPSA) is 104 Å². The highest BCUT2D eigenvalue weighted by molar-refractivity contribution is 7.08. The standard InChI is InChI=1S/C18H17N3O5S/c1-24-14-4-2-13(3-5-14)19-15(22)10-25-17(23)7-6-16-20-18(21-26-16)12-8-9-27-11-12/h2-5,8-9,11H,6-7,10H2,1H3,(H,19,22). The van der Waals surface area contributed by atoms with Gasteiger partial charge in [0.25, 0.3) is 5.91 Å². The highest BCUT2D eigenvalue weighted by Crippen LogP contribution is 2.19. The molecule has 27 heavy (non-hydrogen) atoms. The lowest BCUT2D eigenvalue weighted by atomic mass is 10.3. The first kappa shape index (κ1) is 18.6. The van der Waals surface area contributed by atoms with Gasteiger partial charge in [-0.05, 0) is 35.7 Å². The minimum atomic E-state index is -0.518. The predicted octanol–water partition coefficient (Wildman–Crippen LogP) is 2.92. The van der Waals surface area contributed by atoms with Crippen molar-refractivity contribution in [3.8, 4) is 17.1 Å². The van der Waals surface area contributed by atoms with Crippen LogP contribution >= 0.6 is 11.3 Å². The summed E-state index contributed by atoms with van der Waals surface area (Å²) < 4.78 is 15.1. The van der Waals surface area contributed by atoms with Crippen molar-refractivity contribution in [2.24, 2.45) is 0 Å². The van der Waals surface area contributed by atoms with Gasteiger partial charge in [0.2, 0.25) is 11.7 Å². The van der Waals surface area contributed by atoms with Crippen molar-refractivity contribution in [1.82, 2.24) is 10.1 Å². The maximum absolute atomic E-state index is 11.8. The molecule has 0 aliphatic heterocycles. The van der Waals surface area contributed by atoms with Crippen LogP contribution in [0.25, 0.3) is 11.4 Å². The summed E-state index contributed by atoms with van der Waals surface area (Å²) in [7, 11) is 1.56. The van der Waals surface area contributed by atoms with Gasteiger partial charge in [-0.15, -0.1) is 0 Å². The summed E-state index contributed by atoms with van der Waals surface area (Å²) in [6, 6.07) is 8.71. The number of ether oxygens (including phenoxy) is 2. The molecule has 1 aromatic carbocycles. The molecule has 0 aliphatic carbocycles. The van der Waals surface area contributed by atoms with Crippen molar-refractivity contribution in [3.63, 3.8) is 0 Å². The SMILES string of the molecule is COc1ccc(NC(=O)COC(=O)CCc2nc(-c3ccsc3)no2)cc1. The minimum absolute atomic E-state index is 0.0427. The summed E-state index contributed by atoms with van der Waals surface area (Å²) in [4.78, 5) is 27.8. The van der Waals surface area contributed by atoms with Crippen molar-refractivity contribution in [1.29, 1.82) is 0 Å². The summed E-state index contributed by atoms with van der Waals surface area (Å²) in [6.45, 7) is -0.366. The van der Waals surface area contributed by atoms with Crippen molar-refractivity contribution in [2.75, 3.05) is 19.0 Å². The number of thiophene rings is 1. The Morgan fingerprint density at radius 3 is 2.74 bits per heavy atom. The summed E-state index contributed by atoms with van der Waals surface area (Å²) in [5.74, 6) is 0.568. The molecule has 8 nitrogen and oxygen atoms in total. The molecule has 0 fully saturated rings. The number of nitrogens with one attached hydrogen (secondary N) is 1. The van der Waals surface area contributed by atoms with E-state index in [2.05, 4.69) is 15.5 Å². The fourth-order valence-electron chi connectivity index (χ4n) is 2.16. The molecular weight excluding hydrogens is 370 g/mol. The largest absolute Gasteiger partial charge is 0.497 e. The molecule has 1 N–H and O–H groups in total. The molecule has 0 unspecified atom stereocenters. The number of aromatic nitrogens is 2. The number of aryl methyl sites for hydroxylation is 1. The lowest BCUT2D eigenvalue weighted by molar-refractivity contribution is -0.147. The van der Waals surface area contributed by atoms with E-state index in [1.165, 1.54) is 11.3 Å². The minimum Gasteiger partial charge on any atom is -0.497 e. The Labute approximate surface area is 159 Å². The van der Waals surface area contributed by atoms with E-state index in [1.807, 2.05) is 16.8 Å². The number of methoxy groups -OCH3 is 1. The van der Waals surface area contributed by atoms with Gasteiger partial charge in [0.05, 0.1) is 13.5 Å². The summed E-state index contributed by atoms with van der Waals surface area (Å²) in [5.41, 5.74) is 1.46. The van der Waals surface area contributed by atoms with E-state index in [-0.39, 0.29) is 19.4 Å². The Bertz CT molecular complexity index is 890. The van der Waals surface area contributed by atoms with Gasteiger partial charge in [-0.3, -0.25) is 9.59 Å². The highest BCUT2D eigenvalue weighted by atomic mass is 32.1. The number of nitrogens with zero attached hydrogens (tertiary/aromatic N) is 2. The van der Waals surface area contributed by atoms with Crippen LogP contribution in [-0.2, 0) is 20.7 Å². The fraction of sp³-hybridized carbons (Fsp3) is 0.222. The number of amides is 1. The molecule has 1 amide bonds. The van der Waals surface area contributed by atoms with E-state index in [9.17, 15) is 9.59 Å². The van der Waals surface area contributed by atoms with Gasteiger partial charge in [0.1, 0.15) is 5.75 Å². The Hall–Kier alpha value is -3.20. The van der Waals surface area contributed by atoms with Crippen molar-refractivity contribution in [3.05, 3.63) is 47.0 Å². The van der Waals surface area contributed by atoms with Crippen molar-refractivity contribution in [2.45, 2.75) is 12.8 Å². The second kappa shape index (κ2) is 8.95. The quantitative estimate of drug-likeness (QED) is 0.593. The van der Waals surface area contributed by atoms with Crippen LogP contribution < -0.4 is 10.1 Å². The number of hydrogen-bond acceptors (Lipinski definition) is 8. The number of hydrogen-bond donors (Lipinski definition) is 1. The molecule has 0 spiro atoms. The Kier molecular flexibility index (Phi) is 6.16. The zero-order chi connectivity index (χ0) is 19.1. The molecule has 3 rings (SSSR count). The molecular formula is C18H17N3O5S. The monoisotopic (exact) mass is 387 g/mol. The molecule has 9 heteroatoms. The summed E-state index contributed by atoms with van der Waals surface area (Å²) in [6.07, 6.45) is 0.289. The Morgan fingerprint density at radius 1 is 1.22 bits per heavy atom. The van der Waals surface area contributed by atoms with E-state index < -0.39 is 11.9 Å². The Balaban J connectivity index is 1.39. The van der Waals surface area contributed by atoms with Gasteiger partial charge < -0.3 is 19.3 Å². The van der Waals surface area contributed by atoms with Gasteiger partial charge in [-0.2, -0.15) is 16.3 Å². The average molecular weight is 387 g/mol. The number of anilines is 1. The van der Waals surface area contributed by atoms with Gasteiger partial charge >= 0.3 is 5.97 Å². The molecule has 2 aromatic heterocycles. The van der Waals surface area contributed by atoms with Crippen molar-refractivity contribution >= 4 is 28.9 Å². The number of carbonyl (C=O) groups excluding carboxylic acids is 2. The molecule has 2 heterocycles. The van der Waals surface area contributed by atoms with Gasteiger partial charge in [-0.1, -0.05) is 5.16 Å². The molecule has 0 aliphatic rings. The first-order chi connectivity index (χ1) is 13.1. The van der Waals surface area contributed by atoms with E-state index in [4.69, 9.17) is 14.0 Å². The van der Waals surface area contributed by atoms with Gasteiger partial charge in [-0.25, -0.2) is 0 Å². The number of rotatable bonds is 8. The first-order valence-corrected chi connectivity index (χ1v) is 9.03. The molecule has 0 atom stereocenters. The van der Waals surface area contributed by atoms with Crippen LogP contribution in [0.1, 0.15) is 12.3 Å². The lowest BCUT2D eigenvalue weighted by Crippen LogP contribution is -2.21. The fourth-order valence-corrected chi connectivity index (χ4v) is 2.80. The maximum Gasteiger partial charge on any atom is 0.306 e. The Morgan fingerprint density at radius 2 is 2.04 bits per heavy atom. The molecule has 140 valence electrons. The first-order valence-electron chi connectivity index (χ1n) is 8.09. The molecule has 0 bridgehead atoms. The van der Waals surface area contributed by atoms with Crippen LogP contribution in [0.2, 0.25) is 0 Å². The van der Waals surface area contributed by atoms with E-state index >= 15 is 0 Å². The third-order valence-corrected chi connectivity index (χ3v) is 4.21. The van der Waals surface area contributed by atoms with Crippen LogP contribution in [0, 0.1) is 0 Å². The van der Waals surface area contributed by atoms with Crippen LogP contribution in [-0.4, -0.2) is 35.7 Å². The van der Waals surface area contributed by atoms with E-state index in [0.717, 1.165) is 5.56 Å². The zero-order valence-electron chi connectivity index (χ0n) is 14.5. The molecule has 0 radical (unpaired) electrons. The number of benzene rings is 1. The van der Waals surface area contributed by atoms with Gasteiger partial charge in [0, 0.05) is 23.1 Å². The zero-order valence-corrected chi connectivity index (χ0v) is 15.3. The summed E-state index contributed by atoms with van der Waals surface area (Å²) >= 11 is 1.53. The second-order valence-corrected chi connectivity index (χ2v) is 6.24. The molecule has 0 saturated heterocycles. The molecule has 3 aromatic rings. The van der Waals surface area contributed by atoms with E-state index in [0.29, 0.717) is 23.2 Å². The smallest absolute Gasteiger partial charge is 0.306 e. The lowest BCUT2D eigenvalue weighted by Gasteiger charge is -2.07. The van der Waals surface area contributed by atoms with E-state index in [1.54, 1.807) is 31.4 Å². The normalized spacial score (nSPS) is 10.4. The second-order valence-electron chi connectivity index (χ2n) is 5.46. The summed E-state index contributed by atoms with van der Waals surface area (Å²) in [5, 5.41) is 10.3. The van der Waals surface area contributed by atoms with Crippen molar-refractivity contribution < 1.29 is 23.6 Å². The highest BCUT2D eigenvalue weighted by Gasteiger charge is 2.13. The van der Waals surface area contributed by atoms with Gasteiger partial charge in [0.15, 0.2) is 6.61 Å². The van der Waals surface area contributed by atoms with Crippen LogP contribution in [0.5, 0.6) is 5.75 Å². The number of carbonyl (C=O) groups is 2. The predicted molar refractivity (Wildman–Crippen MR) is 98.5 cm³/mol.